The average molecular weight is 197 g/mol. The molecule has 3 heteroatoms. The number of rotatable bonds is 4. The van der Waals surface area contributed by atoms with Gasteiger partial charge >= 0.3 is 0 Å². The largest absolute Gasteiger partial charge is 0.328 e. The van der Waals surface area contributed by atoms with E-state index >= 15 is 0 Å². The molecule has 0 amide bonds. The smallest absolute Gasteiger partial charge is 0.0192 e. The molecule has 0 aromatic carbocycles. The van der Waals surface area contributed by atoms with Crippen LogP contribution in [0.15, 0.2) is 0 Å². The highest BCUT2D eigenvalue weighted by molar-refractivity contribution is 4.88. The van der Waals surface area contributed by atoms with Crippen LogP contribution in [0.4, 0.5) is 0 Å². The number of hydrogen-bond acceptors (Lipinski definition) is 3. The summed E-state index contributed by atoms with van der Waals surface area (Å²) in [4.78, 5) is 2.59. The maximum absolute atomic E-state index is 5.75. The molecule has 0 spiro atoms. The van der Waals surface area contributed by atoms with Crippen molar-refractivity contribution in [1.29, 1.82) is 0 Å². The van der Waals surface area contributed by atoms with Gasteiger partial charge in [-0.05, 0) is 45.7 Å². The van der Waals surface area contributed by atoms with Gasteiger partial charge in [-0.25, -0.2) is 0 Å². The third-order valence-corrected chi connectivity index (χ3v) is 3.64. The minimum atomic E-state index is 0.467. The summed E-state index contributed by atoms with van der Waals surface area (Å²) in [7, 11) is 0. The molecule has 82 valence electrons. The third kappa shape index (κ3) is 2.47. The van der Waals surface area contributed by atoms with Gasteiger partial charge in [-0.1, -0.05) is 0 Å². The van der Waals surface area contributed by atoms with Crippen molar-refractivity contribution in [2.24, 2.45) is 5.73 Å². The molecule has 1 aliphatic heterocycles. The maximum atomic E-state index is 5.75. The molecule has 3 N–H and O–H groups in total. The molecule has 2 aliphatic rings. The van der Waals surface area contributed by atoms with Crippen LogP contribution in [-0.4, -0.2) is 42.7 Å². The summed E-state index contributed by atoms with van der Waals surface area (Å²) in [6.45, 7) is 6.06. The summed E-state index contributed by atoms with van der Waals surface area (Å²) in [5.41, 5.74) is 5.75. The number of likely N-dealkylation sites (tertiary alicyclic amines) is 1. The zero-order valence-electron chi connectivity index (χ0n) is 9.21. The van der Waals surface area contributed by atoms with E-state index in [-0.39, 0.29) is 0 Å². The standard InChI is InChI=1S/C11H23N3/c1-9(14-4-2-3-5-14)8-13-11-6-10(12)7-11/h9-11,13H,2-8,12H2,1H3. The summed E-state index contributed by atoms with van der Waals surface area (Å²) < 4.78 is 0. The van der Waals surface area contributed by atoms with Crippen LogP contribution in [0.25, 0.3) is 0 Å². The first-order chi connectivity index (χ1) is 6.75. The first kappa shape index (κ1) is 10.4. The van der Waals surface area contributed by atoms with Crippen molar-refractivity contribution in [3.63, 3.8) is 0 Å². The predicted molar refractivity (Wildman–Crippen MR) is 59.3 cm³/mol. The topological polar surface area (TPSA) is 41.3 Å². The summed E-state index contributed by atoms with van der Waals surface area (Å²) in [6.07, 6.45) is 5.12. The summed E-state index contributed by atoms with van der Waals surface area (Å²) >= 11 is 0. The molecular weight excluding hydrogens is 174 g/mol. The minimum absolute atomic E-state index is 0.467. The summed E-state index contributed by atoms with van der Waals surface area (Å²) in [5.74, 6) is 0. The van der Waals surface area contributed by atoms with Crippen molar-refractivity contribution in [2.45, 2.75) is 50.7 Å². The van der Waals surface area contributed by atoms with E-state index in [2.05, 4.69) is 17.1 Å². The molecule has 0 aromatic rings. The van der Waals surface area contributed by atoms with Crippen LogP contribution in [0.1, 0.15) is 32.6 Å². The molecule has 3 nitrogen and oxygen atoms in total. The molecule has 14 heavy (non-hydrogen) atoms. The zero-order valence-corrected chi connectivity index (χ0v) is 9.21. The fraction of sp³-hybridized carbons (Fsp3) is 1.00. The maximum Gasteiger partial charge on any atom is 0.0192 e. The van der Waals surface area contributed by atoms with Gasteiger partial charge in [-0.3, -0.25) is 4.90 Å². The van der Waals surface area contributed by atoms with E-state index in [0.717, 1.165) is 6.54 Å². The van der Waals surface area contributed by atoms with Gasteiger partial charge in [0.15, 0.2) is 0 Å². The summed E-state index contributed by atoms with van der Waals surface area (Å²) in [6, 6.07) is 1.87. The monoisotopic (exact) mass is 197 g/mol. The first-order valence-electron chi connectivity index (χ1n) is 5.98. The lowest BCUT2D eigenvalue weighted by atomic mass is 9.87. The van der Waals surface area contributed by atoms with Crippen LogP contribution < -0.4 is 11.1 Å². The second kappa shape index (κ2) is 4.60. The van der Waals surface area contributed by atoms with Gasteiger partial charge < -0.3 is 11.1 Å². The molecule has 1 unspecified atom stereocenters. The van der Waals surface area contributed by atoms with Crippen molar-refractivity contribution in [3.8, 4) is 0 Å². The van der Waals surface area contributed by atoms with Gasteiger partial charge in [0.05, 0.1) is 0 Å². The van der Waals surface area contributed by atoms with Crippen LogP contribution in [-0.2, 0) is 0 Å². The van der Waals surface area contributed by atoms with Crippen molar-refractivity contribution >= 4 is 0 Å². The lowest BCUT2D eigenvalue weighted by Gasteiger charge is -2.35. The van der Waals surface area contributed by atoms with E-state index in [9.17, 15) is 0 Å². The molecule has 0 bridgehead atoms. The number of nitrogens with one attached hydrogen (secondary N) is 1. The van der Waals surface area contributed by atoms with Crippen LogP contribution in [0, 0.1) is 0 Å². The molecular formula is C11H23N3. The van der Waals surface area contributed by atoms with Crippen LogP contribution in [0.3, 0.4) is 0 Å². The lowest BCUT2D eigenvalue weighted by molar-refractivity contribution is 0.220. The van der Waals surface area contributed by atoms with E-state index in [1.54, 1.807) is 0 Å². The molecule has 2 rings (SSSR count). The van der Waals surface area contributed by atoms with Crippen LogP contribution in [0.2, 0.25) is 0 Å². The Balaban J connectivity index is 1.60. The van der Waals surface area contributed by atoms with Gasteiger partial charge in [0, 0.05) is 24.7 Å². The van der Waals surface area contributed by atoms with Crippen molar-refractivity contribution < 1.29 is 0 Å². The molecule has 2 fully saturated rings. The number of nitrogens with two attached hydrogens (primary N) is 1. The SMILES string of the molecule is CC(CNC1CC(N)C1)N1CCCC1. The minimum Gasteiger partial charge on any atom is -0.328 e. The van der Waals surface area contributed by atoms with E-state index in [0.29, 0.717) is 18.1 Å². The molecule has 1 heterocycles. The Kier molecular flexibility index (Phi) is 3.42. The fourth-order valence-electron chi connectivity index (χ4n) is 2.48. The molecule has 1 aliphatic carbocycles. The second-order valence-electron chi connectivity index (χ2n) is 4.93. The van der Waals surface area contributed by atoms with E-state index < -0.39 is 0 Å². The van der Waals surface area contributed by atoms with Gasteiger partial charge in [0.25, 0.3) is 0 Å². The number of hydrogen-bond donors (Lipinski definition) is 2. The summed E-state index contributed by atoms with van der Waals surface area (Å²) in [5, 5.41) is 3.60. The van der Waals surface area contributed by atoms with E-state index in [1.807, 2.05) is 0 Å². The molecule has 1 saturated heterocycles. The van der Waals surface area contributed by atoms with E-state index in [4.69, 9.17) is 5.73 Å². The van der Waals surface area contributed by atoms with Crippen molar-refractivity contribution in [1.82, 2.24) is 10.2 Å². The second-order valence-corrected chi connectivity index (χ2v) is 4.93. The van der Waals surface area contributed by atoms with Gasteiger partial charge in [0.1, 0.15) is 0 Å². The quantitative estimate of drug-likeness (QED) is 0.691. The van der Waals surface area contributed by atoms with Crippen LogP contribution in [0.5, 0.6) is 0 Å². The van der Waals surface area contributed by atoms with Gasteiger partial charge in [0.2, 0.25) is 0 Å². The van der Waals surface area contributed by atoms with Gasteiger partial charge in [-0.15, -0.1) is 0 Å². The first-order valence-corrected chi connectivity index (χ1v) is 5.98. The van der Waals surface area contributed by atoms with Crippen molar-refractivity contribution in [3.05, 3.63) is 0 Å². The molecule has 1 atom stereocenters. The van der Waals surface area contributed by atoms with Crippen LogP contribution >= 0.6 is 0 Å². The Morgan fingerprint density at radius 3 is 2.57 bits per heavy atom. The van der Waals surface area contributed by atoms with Gasteiger partial charge in [-0.2, -0.15) is 0 Å². The zero-order chi connectivity index (χ0) is 9.97. The Hall–Kier alpha value is -0.120. The van der Waals surface area contributed by atoms with Crippen molar-refractivity contribution in [2.75, 3.05) is 19.6 Å². The Bertz CT molecular complexity index is 171. The molecule has 0 radical (unpaired) electrons. The highest BCUT2D eigenvalue weighted by Crippen LogP contribution is 2.18. The van der Waals surface area contributed by atoms with E-state index in [1.165, 1.54) is 38.8 Å². The number of nitrogens with zero attached hydrogens (tertiary/aromatic N) is 1. The Morgan fingerprint density at radius 2 is 2.00 bits per heavy atom. The third-order valence-electron chi connectivity index (χ3n) is 3.64. The highest BCUT2D eigenvalue weighted by Gasteiger charge is 2.26. The molecule has 0 aromatic heterocycles. The highest BCUT2D eigenvalue weighted by atomic mass is 15.2. The Labute approximate surface area is 87.0 Å². The fourth-order valence-corrected chi connectivity index (χ4v) is 2.48. The average Bonchev–Trinajstić information content (AvgIpc) is 2.62. The lowest BCUT2D eigenvalue weighted by Crippen LogP contribution is -2.51. The Morgan fingerprint density at radius 1 is 1.36 bits per heavy atom. The molecule has 1 saturated carbocycles. The normalized spacial score (nSPS) is 35.6. The predicted octanol–water partition coefficient (Wildman–Crippen LogP) is 0.550.